The fourth-order valence-corrected chi connectivity index (χ4v) is 1.87. The first-order valence-electron chi connectivity index (χ1n) is 5.96. The molecular weight excluding hydrogens is 220 g/mol. The van der Waals surface area contributed by atoms with Crippen molar-refractivity contribution in [2.24, 2.45) is 5.92 Å². The molecule has 0 aromatic heterocycles. The van der Waals surface area contributed by atoms with Gasteiger partial charge in [-0.15, -0.1) is 6.58 Å². The molecule has 5 nitrogen and oxygen atoms in total. The van der Waals surface area contributed by atoms with Gasteiger partial charge in [0.2, 0.25) is 0 Å². The molecule has 0 aliphatic carbocycles. The molecule has 0 spiro atoms. The Morgan fingerprint density at radius 1 is 1.47 bits per heavy atom. The lowest BCUT2D eigenvalue weighted by atomic mass is 10.0. The molecule has 98 valence electrons. The molecule has 0 saturated carbocycles. The van der Waals surface area contributed by atoms with Crippen LogP contribution in [0.15, 0.2) is 12.7 Å². The van der Waals surface area contributed by atoms with Crippen molar-refractivity contribution in [2.75, 3.05) is 26.3 Å². The van der Waals surface area contributed by atoms with Gasteiger partial charge in [0.05, 0.1) is 13.2 Å². The fraction of sp³-hybridized carbons (Fsp3) is 0.750. The second-order valence-corrected chi connectivity index (χ2v) is 4.52. The van der Waals surface area contributed by atoms with Crippen LogP contribution in [0.25, 0.3) is 0 Å². The Bertz CT molecular complexity index is 262. The average molecular weight is 242 g/mol. The number of urea groups is 1. The minimum absolute atomic E-state index is 0.171. The minimum Gasteiger partial charge on any atom is -0.348 e. The summed E-state index contributed by atoms with van der Waals surface area (Å²) in [4.78, 5) is 11.3. The van der Waals surface area contributed by atoms with Crippen molar-refractivity contribution in [2.45, 2.75) is 26.1 Å². The lowest BCUT2D eigenvalue weighted by molar-refractivity contribution is -0.153. The number of hydrogen-bond acceptors (Lipinski definition) is 3. The van der Waals surface area contributed by atoms with Crippen LogP contribution in [0, 0.1) is 5.92 Å². The Labute approximate surface area is 103 Å². The third-order valence-electron chi connectivity index (χ3n) is 2.64. The summed E-state index contributed by atoms with van der Waals surface area (Å²) in [5, 5.41) is 5.46. The van der Waals surface area contributed by atoms with Crippen LogP contribution in [-0.4, -0.2) is 38.1 Å². The molecule has 1 unspecified atom stereocenters. The summed E-state index contributed by atoms with van der Waals surface area (Å²) >= 11 is 0. The van der Waals surface area contributed by atoms with Gasteiger partial charge in [-0.1, -0.05) is 13.0 Å². The van der Waals surface area contributed by atoms with Gasteiger partial charge in [-0.25, -0.2) is 4.79 Å². The van der Waals surface area contributed by atoms with E-state index in [9.17, 15) is 4.79 Å². The number of carbonyl (C=O) groups is 1. The Hall–Kier alpha value is -1.07. The predicted octanol–water partition coefficient (Wildman–Crippen LogP) is 1.26. The number of ether oxygens (including phenoxy) is 2. The topological polar surface area (TPSA) is 59.6 Å². The Morgan fingerprint density at radius 2 is 2.12 bits per heavy atom. The van der Waals surface area contributed by atoms with E-state index in [2.05, 4.69) is 24.1 Å². The highest BCUT2D eigenvalue weighted by Crippen LogP contribution is 2.26. The fourth-order valence-electron chi connectivity index (χ4n) is 1.87. The lowest BCUT2D eigenvalue weighted by Gasteiger charge is -2.26. The van der Waals surface area contributed by atoms with Gasteiger partial charge in [0.25, 0.3) is 0 Å². The first-order chi connectivity index (χ1) is 8.06. The largest absolute Gasteiger partial charge is 0.348 e. The molecular formula is C12H22N2O3. The van der Waals surface area contributed by atoms with E-state index in [4.69, 9.17) is 9.47 Å². The van der Waals surface area contributed by atoms with E-state index in [1.54, 1.807) is 6.08 Å². The van der Waals surface area contributed by atoms with Crippen molar-refractivity contribution >= 4 is 6.03 Å². The van der Waals surface area contributed by atoms with Gasteiger partial charge in [0.15, 0.2) is 5.79 Å². The molecule has 1 fully saturated rings. The van der Waals surface area contributed by atoms with E-state index in [0.717, 1.165) is 6.42 Å². The van der Waals surface area contributed by atoms with Gasteiger partial charge in [-0.3, -0.25) is 0 Å². The number of hydrogen-bond donors (Lipinski definition) is 2. The van der Waals surface area contributed by atoms with E-state index in [-0.39, 0.29) is 6.03 Å². The molecule has 0 radical (unpaired) electrons. The maximum absolute atomic E-state index is 11.3. The molecule has 2 amide bonds. The minimum atomic E-state index is -0.487. The van der Waals surface area contributed by atoms with Crippen LogP contribution >= 0.6 is 0 Å². The summed E-state index contributed by atoms with van der Waals surface area (Å²) in [6.45, 7) is 9.91. The maximum atomic E-state index is 11.3. The molecule has 1 saturated heterocycles. The summed E-state index contributed by atoms with van der Waals surface area (Å²) < 4.78 is 11.0. The Balaban J connectivity index is 2.18. The third kappa shape index (κ3) is 5.19. The molecule has 1 aliphatic heterocycles. The highest BCUT2D eigenvalue weighted by atomic mass is 16.7. The zero-order chi connectivity index (χ0) is 12.7. The van der Waals surface area contributed by atoms with Crippen molar-refractivity contribution in [3.8, 4) is 0 Å². The number of nitrogens with one attached hydrogen (secondary N) is 2. The molecule has 0 aromatic rings. The summed E-state index contributed by atoms with van der Waals surface area (Å²) in [6, 6.07) is -0.171. The monoisotopic (exact) mass is 242 g/mol. The maximum Gasteiger partial charge on any atom is 0.315 e. The van der Waals surface area contributed by atoms with E-state index in [0.29, 0.717) is 32.2 Å². The normalized spacial score (nSPS) is 19.6. The molecule has 1 aliphatic rings. The number of carbonyl (C=O) groups excluding carboxylic acids is 1. The molecule has 1 atom stereocenters. The Kier molecular flexibility index (Phi) is 5.44. The van der Waals surface area contributed by atoms with Gasteiger partial charge in [-0.05, 0) is 12.8 Å². The molecule has 1 heterocycles. The SMILES string of the molecule is C=CCNC(=O)NCC(C)CC1(C)OCCO1. The summed E-state index contributed by atoms with van der Waals surface area (Å²) in [7, 11) is 0. The Morgan fingerprint density at radius 3 is 2.71 bits per heavy atom. The zero-order valence-electron chi connectivity index (χ0n) is 10.6. The van der Waals surface area contributed by atoms with E-state index in [1.807, 2.05) is 6.92 Å². The van der Waals surface area contributed by atoms with Crippen LogP contribution < -0.4 is 10.6 Å². The van der Waals surface area contributed by atoms with E-state index < -0.39 is 5.79 Å². The average Bonchev–Trinajstić information content (AvgIpc) is 2.70. The molecule has 5 heteroatoms. The highest BCUT2D eigenvalue weighted by Gasteiger charge is 2.32. The van der Waals surface area contributed by atoms with Gasteiger partial charge in [0, 0.05) is 19.5 Å². The second kappa shape index (κ2) is 6.61. The summed E-state index contributed by atoms with van der Waals surface area (Å²) in [5.74, 6) is -0.189. The zero-order valence-corrected chi connectivity index (χ0v) is 10.6. The lowest BCUT2D eigenvalue weighted by Crippen LogP contribution is -2.39. The van der Waals surface area contributed by atoms with Crippen LogP contribution in [0.3, 0.4) is 0 Å². The number of amides is 2. The van der Waals surface area contributed by atoms with Crippen molar-refractivity contribution < 1.29 is 14.3 Å². The van der Waals surface area contributed by atoms with Crippen LogP contribution in [0.4, 0.5) is 4.79 Å². The van der Waals surface area contributed by atoms with Crippen molar-refractivity contribution in [3.05, 3.63) is 12.7 Å². The van der Waals surface area contributed by atoms with Gasteiger partial charge in [0.1, 0.15) is 0 Å². The standard InChI is InChI=1S/C12H22N2O3/c1-4-5-13-11(15)14-9-10(2)8-12(3)16-6-7-17-12/h4,10H,1,5-9H2,2-3H3,(H2,13,14,15). The van der Waals surface area contributed by atoms with Crippen molar-refractivity contribution in [1.82, 2.24) is 10.6 Å². The first kappa shape index (κ1) is 14.0. The molecule has 1 rings (SSSR count). The van der Waals surface area contributed by atoms with Gasteiger partial charge >= 0.3 is 6.03 Å². The second-order valence-electron chi connectivity index (χ2n) is 4.52. The molecule has 17 heavy (non-hydrogen) atoms. The highest BCUT2D eigenvalue weighted by molar-refractivity contribution is 5.73. The summed E-state index contributed by atoms with van der Waals surface area (Å²) in [6.07, 6.45) is 2.42. The number of rotatable bonds is 6. The molecule has 0 aromatic carbocycles. The van der Waals surface area contributed by atoms with E-state index >= 15 is 0 Å². The van der Waals surface area contributed by atoms with Crippen LogP contribution in [0.5, 0.6) is 0 Å². The van der Waals surface area contributed by atoms with Crippen LogP contribution in [0.2, 0.25) is 0 Å². The van der Waals surface area contributed by atoms with Gasteiger partial charge in [-0.2, -0.15) is 0 Å². The van der Waals surface area contributed by atoms with Crippen molar-refractivity contribution in [3.63, 3.8) is 0 Å². The molecule has 0 bridgehead atoms. The van der Waals surface area contributed by atoms with Crippen LogP contribution in [-0.2, 0) is 9.47 Å². The van der Waals surface area contributed by atoms with Crippen LogP contribution in [0.1, 0.15) is 20.3 Å². The smallest absolute Gasteiger partial charge is 0.315 e. The van der Waals surface area contributed by atoms with E-state index in [1.165, 1.54) is 0 Å². The predicted molar refractivity (Wildman–Crippen MR) is 65.7 cm³/mol. The first-order valence-corrected chi connectivity index (χ1v) is 5.96. The quantitative estimate of drug-likeness (QED) is 0.689. The van der Waals surface area contributed by atoms with Crippen molar-refractivity contribution in [1.29, 1.82) is 0 Å². The molecule has 2 N–H and O–H groups in total. The van der Waals surface area contributed by atoms with Gasteiger partial charge < -0.3 is 20.1 Å². The summed E-state index contributed by atoms with van der Waals surface area (Å²) in [5.41, 5.74) is 0. The third-order valence-corrected chi connectivity index (χ3v) is 2.64.